The van der Waals surface area contributed by atoms with Gasteiger partial charge in [0.05, 0.1) is 24.2 Å². The molecule has 0 aliphatic carbocycles. The molecule has 0 bridgehead atoms. The molecule has 7 nitrogen and oxygen atoms in total. The predicted octanol–water partition coefficient (Wildman–Crippen LogP) is 1.53. The Hall–Kier alpha value is -0.540. The number of carbonyl (C=O) groups excluding carboxylic acids is 2. The summed E-state index contributed by atoms with van der Waals surface area (Å²) in [5.74, 6) is -4.53. The van der Waals surface area contributed by atoms with Crippen LogP contribution in [0.4, 0.5) is 0 Å². The van der Waals surface area contributed by atoms with Crippen molar-refractivity contribution in [1.29, 1.82) is 0 Å². The molecule has 1 heterocycles. The van der Waals surface area contributed by atoms with Gasteiger partial charge in [0.1, 0.15) is 18.0 Å². The summed E-state index contributed by atoms with van der Waals surface area (Å²) in [6.07, 6.45) is -4.95. The van der Waals surface area contributed by atoms with Crippen LogP contribution < -0.4 is 0 Å². The summed E-state index contributed by atoms with van der Waals surface area (Å²) in [7, 11) is 0. The number of ketones is 1. The number of esters is 1. The largest absolute Gasteiger partial charge is 0.459 e. The molecule has 1 unspecified atom stereocenters. The number of rotatable bonds is 2. The summed E-state index contributed by atoms with van der Waals surface area (Å²) in [5, 5.41) is 42.5. The maximum absolute atomic E-state index is 12.9. The third-order valence-electron chi connectivity index (χ3n) is 6.56. The van der Waals surface area contributed by atoms with Crippen molar-refractivity contribution in [2.75, 3.05) is 5.33 Å². The number of hydrogen-bond donors (Lipinski definition) is 4. The standard InChI is InChI=1S/C21H37BrO7/c1-9-7-10(2)17(25)12(4)19(27)14(6)21(28)29-20(15(23)8-22)13(5)18(26)11(3)16(9)24/h9-15,17-20,23,25-27H,7-8H2,1-6H3/t9-,10+,11+,12-,13-,14-,15?,17+,18-,19+,20+/m1/s1. The molecular formula is C21H37BrO7. The molecule has 29 heavy (non-hydrogen) atoms. The number of alkyl halides is 1. The van der Waals surface area contributed by atoms with Crippen molar-refractivity contribution in [1.82, 2.24) is 0 Å². The number of halogens is 1. The van der Waals surface area contributed by atoms with Crippen LogP contribution in [0.3, 0.4) is 0 Å². The van der Waals surface area contributed by atoms with Gasteiger partial charge < -0.3 is 25.2 Å². The molecule has 1 rings (SSSR count). The summed E-state index contributed by atoms with van der Waals surface area (Å²) < 4.78 is 5.50. The Labute approximate surface area is 182 Å². The molecule has 4 N–H and O–H groups in total. The molecule has 0 aromatic heterocycles. The molecule has 0 radical (unpaired) electrons. The van der Waals surface area contributed by atoms with E-state index in [-0.39, 0.29) is 17.0 Å². The molecule has 0 spiro atoms. The number of cyclic esters (lactones) is 1. The summed E-state index contributed by atoms with van der Waals surface area (Å²) in [6.45, 7) is 10.00. The Morgan fingerprint density at radius 3 is 1.97 bits per heavy atom. The lowest BCUT2D eigenvalue weighted by Gasteiger charge is -2.37. The molecule has 0 amide bonds. The van der Waals surface area contributed by atoms with E-state index in [0.717, 1.165) is 0 Å². The van der Waals surface area contributed by atoms with E-state index in [1.807, 2.05) is 0 Å². The lowest BCUT2D eigenvalue weighted by Crippen LogP contribution is -2.49. The van der Waals surface area contributed by atoms with Gasteiger partial charge in [-0.15, -0.1) is 0 Å². The van der Waals surface area contributed by atoms with E-state index in [2.05, 4.69) is 15.9 Å². The fourth-order valence-corrected chi connectivity index (χ4v) is 4.63. The SMILES string of the molecule is C[C@@H]1[C@@H](O)[C@@H](C)C[C@@H](C)C(=O)[C@H](C)[C@@H](O)[C@@H](C)[C@@H](C(O)CBr)OC(=O)[C@H](C)[C@H]1O. The second kappa shape index (κ2) is 11.2. The van der Waals surface area contributed by atoms with Crippen LogP contribution in [0.2, 0.25) is 0 Å². The van der Waals surface area contributed by atoms with Gasteiger partial charge in [-0.1, -0.05) is 50.5 Å². The van der Waals surface area contributed by atoms with Gasteiger partial charge in [-0.05, 0) is 19.3 Å². The second-order valence-corrected chi connectivity index (χ2v) is 9.55. The summed E-state index contributed by atoms with van der Waals surface area (Å²) in [5.41, 5.74) is 0. The zero-order valence-corrected chi connectivity index (χ0v) is 19.7. The number of aliphatic hydroxyl groups is 4. The highest BCUT2D eigenvalue weighted by atomic mass is 79.9. The fraction of sp³-hybridized carbons (Fsp3) is 0.905. The first-order chi connectivity index (χ1) is 13.3. The van der Waals surface area contributed by atoms with Crippen LogP contribution in [0.1, 0.15) is 48.0 Å². The van der Waals surface area contributed by atoms with E-state index in [9.17, 15) is 30.0 Å². The molecule has 0 aromatic carbocycles. The number of carbonyl (C=O) groups is 2. The minimum absolute atomic E-state index is 0.115. The molecule has 8 heteroatoms. The molecule has 0 saturated carbocycles. The van der Waals surface area contributed by atoms with Crippen LogP contribution in [0.25, 0.3) is 0 Å². The molecule has 1 aliphatic heterocycles. The van der Waals surface area contributed by atoms with E-state index >= 15 is 0 Å². The van der Waals surface area contributed by atoms with Gasteiger partial charge in [0.15, 0.2) is 0 Å². The van der Waals surface area contributed by atoms with E-state index < -0.39 is 66.1 Å². The molecule has 1 fully saturated rings. The van der Waals surface area contributed by atoms with Crippen molar-refractivity contribution in [3.05, 3.63) is 0 Å². The Balaban J connectivity index is 3.32. The van der Waals surface area contributed by atoms with Crippen molar-refractivity contribution >= 4 is 27.7 Å². The van der Waals surface area contributed by atoms with Crippen molar-refractivity contribution < 1.29 is 34.8 Å². The summed E-state index contributed by atoms with van der Waals surface area (Å²) in [4.78, 5) is 25.5. The van der Waals surface area contributed by atoms with Crippen molar-refractivity contribution in [3.8, 4) is 0 Å². The van der Waals surface area contributed by atoms with Crippen molar-refractivity contribution in [2.45, 2.75) is 78.5 Å². The number of ether oxygens (including phenoxy) is 1. The van der Waals surface area contributed by atoms with Crippen molar-refractivity contribution in [2.24, 2.45) is 35.5 Å². The average molecular weight is 481 g/mol. The van der Waals surface area contributed by atoms with Gasteiger partial charge in [0, 0.05) is 29.0 Å². The average Bonchev–Trinajstić information content (AvgIpc) is 2.71. The minimum Gasteiger partial charge on any atom is -0.459 e. The van der Waals surface area contributed by atoms with Crippen LogP contribution in [0.5, 0.6) is 0 Å². The van der Waals surface area contributed by atoms with Gasteiger partial charge in [0.2, 0.25) is 0 Å². The van der Waals surface area contributed by atoms with Crippen molar-refractivity contribution in [3.63, 3.8) is 0 Å². The van der Waals surface area contributed by atoms with Gasteiger partial charge in [-0.3, -0.25) is 9.59 Å². The normalized spacial score (nSPS) is 44.7. The zero-order valence-electron chi connectivity index (χ0n) is 18.2. The third kappa shape index (κ3) is 6.23. The predicted molar refractivity (Wildman–Crippen MR) is 112 cm³/mol. The Bertz CT molecular complexity index is 557. The third-order valence-corrected chi connectivity index (χ3v) is 7.23. The van der Waals surface area contributed by atoms with Gasteiger partial charge in [-0.2, -0.15) is 0 Å². The second-order valence-electron chi connectivity index (χ2n) is 8.91. The van der Waals surface area contributed by atoms with Gasteiger partial charge >= 0.3 is 5.97 Å². The number of Topliss-reactive ketones (excluding diaryl/α,β-unsaturated/α-hetero) is 1. The maximum Gasteiger partial charge on any atom is 0.311 e. The zero-order chi connectivity index (χ0) is 22.6. The lowest BCUT2D eigenvalue weighted by atomic mass is 9.77. The highest BCUT2D eigenvalue weighted by Gasteiger charge is 2.42. The van der Waals surface area contributed by atoms with Crippen LogP contribution in [-0.2, 0) is 14.3 Å². The highest BCUT2D eigenvalue weighted by molar-refractivity contribution is 9.09. The Kier molecular flexibility index (Phi) is 10.2. The van der Waals surface area contributed by atoms with E-state index in [0.29, 0.717) is 6.42 Å². The summed E-state index contributed by atoms with van der Waals surface area (Å²) in [6, 6.07) is 0. The van der Waals surface area contributed by atoms with Gasteiger partial charge in [0.25, 0.3) is 0 Å². The summed E-state index contributed by atoms with van der Waals surface area (Å²) >= 11 is 3.16. The van der Waals surface area contributed by atoms with E-state index in [4.69, 9.17) is 4.74 Å². The minimum atomic E-state index is -1.16. The van der Waals surface area contributed by atoms with Crippen LogP contribution in [-0.4, -0.2) is 68.0 Å². The highest BCUT2D eigenvalue weighted by Crippen LogP contribution is 2.31. The topological polar surface area (TPSA) is 124 Å². The van der Waals surface area contributed by atoms with Crippen LogP contribution in [0, 0.1) is 35.5 Å². The Morgan fingerprint density at radius 2 is 1.45 bits per heavy atom. The van der Waals surface area contributed by atoms with Crippen LogP contribution in [0.15, 0.2) is 0 Å². The molecule has 0 aromatic rings. The monoisotopic (exact) mass is 480 g/mol. The molecule has 1 aliphatic rings. The first-order valence-electron chi connectivity index (χ1n) is 10.4. The molecule has 1 saturated heterocycles. The molecule has 170 valence electrons. The van der Waals surface area contributed by atoms with Gasteiger partial charge in [-0.25, -0.2) is 0 Å². The number of hydrogen-bond acceptors (Lipinski definition) is 7. The fourth-order valence-electron chi connectivity index (χ4n) is 4.26. The first kappa shape index (κ1) is 26.5. The maximum atomic E-state index is 12.9. The number of aliphatic hydroxyl groups excluding tert-OH is 4. The quantitative estimate of drug-likeness (QED) is 0.348. The van der Waals surface area contributed by atoms with E-state index in [1.54, 1.807) is 34.6 Å². The lowest BCUT2D eigenvalue weighted by molar-refractivity contribution is -0.173. The van der Waals surface area contributed by atoms with E-state index in [1.165, 1.54) is 6.92 Å². The first-order valence-corrected chi connectivity index (χ1v) is 11.5. The molecular weight excluding hydrogens is 444 g/mol. The molecule has 11 atom stereocenters. The van der Waals surface area contributed by atoms with Crippen LogP contribution >= 0.6 is 15.9 Å². The Morgan fingerprint density at radius 1 is 0.931 bits per heavy atom. The smallest absolute Gasteiger partial charge is 0.311 e.